The summed E-state index contributed by atoms with van der Waals surface area (Å²) in [6, 6.07) is 0. The van der Waals surface area contributed by atoms with Crippen molar-refractivity contribution >= 4 is 31.1 Å². The Balaban J connectivity index is 2.15. The molecule has 0 saturated heterocycles. The number of aliphatic imine (C=N–C) groups is 1. The van der Waals surface area contributed by atoms with Crippen LogP contribution in [0.4, 0.5) is 5.00 Å². The molecule has 1 aromatic rings. The van der Waals surface area contributed by atoms with Crippen LogP contribution < -0.4 is 5.09 Å². The topological polar surface area (TPSA) is 40.5 Å². The molecule has 1 atom stereocenters. The molecule has 2 aliphatic heterocycles. The van der Waals surface area contributed by atoms with Crippen molar-refractivity contribution in [2.45, 2.75) is 0 Å². The summed E-state index contributed by atoms with van der Waals surface area (Å²) < 4.78 is 2.25. The van der Waals surface area contributed by atoms with Crippen LogP contribution in [0.15, 0.2) is 10.5 Å². The summed E-state index contributed by atoms with van der Waals surface area (Å²) in [4.78, 5) is 8.71. The van der Waals surface area contributed by atoms with Gasteiger partial charge in [0.15, 0.2) is 5.84 Å². The van der Waals surface area contributed by atoms with E-state index in [9.17, 15) is 0 Å². The van der Waals surface area contributed by atoms with Gasteiger partial charge >= 0.3 is 0 Å². The van der Waals surface area contributed by atoms with Crippen molar-refractivity contribution in [1.29, 1.82) is 0 Å². The number of rotatable bonds is 0. The molecule has 1 aromatic heterocycles. The summed E-state index contributed by atoms with van der Waals surface area (Å²) in [5, 5.41) is 4.51. The lowest BCUT2D eigenvalue weighted by Crippen LogP contribution is -2.25. The number of hydrogen-bond acceptors (Lipinski definition) is 5. The van der Waals surface area contributed by atoms with Gasteiger partial charge in [-0.15, -0.1) is 11.3 Å². The quantitative estimate of drug-likeness (QED) is 0.635. The Hall–Kier alpha value is -0.670. The lowest BCUT2D eigenvalue weighted by Gasteiger charge is -2.24. The van der Waals surface area contributed by atoms with Crippen molar-refractivity contribution in [3.05, 3.63) is 11.2 Å². The molecule has 1 unspecified atom stereocenters. The van der Waals surface area contributed by atoms with E-state index in [1.54, 1.807) is 11.3 Å². The van der Waals surface area contributed by atoms with Crippen LogP contribution in [-0.2, 0) is 0 Å². The first kappa shape index (κ1) is 6.80. The van der Waals surface area contributed by atoms with E-state index in [1.165, 1.54) is 5.00 Å². The third-order valence-electron chi connectivity index (χ3n) is 1.92. The zero-order valence-electron chi connectivity index (χ0n) is 6.24. The average molecular weight is 198 g/mol. The van der Waals surface area contributed by atoms with Gasteiger partial charge in [0.25, 0.3) is 0 Å². The Labute approximate surface area is 75.6 Å². The van der Waals surface area contributed by atoms with Crippen molar-refractivity contribution < 1.29 is 0 Å². The Bertz CT molecular complexity index is 347. The maximum Gasteiger partial charge on any atom is 0.157 e. The molecule has 4 nitrogen and oxygen atoms in total. The molecule has 2 aliphatic rings. The molecule has 0 saturated carbocycles. The minimum atomic E-state index is 0.643. The molecule has 0 spiro atoms. The van der Waals surface area contributed by atoms with Crippen LogP contribution in [0, 0.1) is 0 Å². The third kappa shape index (κ3) is 0.807. The molecule has 0 bridgehead atoms. The van der Waals surface area contributed by atoms with Crippen LogP contribution in [0.2, 0.25) is 0 Å². The number of thiazole rings is 1. The van der Waals surface area contributed by atoms with E-state index in [1.807, 2.05) is 5.51 Å². The molecule has 0 fully saturated rings. The Morgan fingerprint density at radius 3 is 3.67 bits per heavy atom. The first-order valence-corrected chi connectivity index (χ1v) is 5.55. The SMILES string of the molecule is c1nc2c(s1)NPN1CCN=C21. The first-order valence-electron chi connectivity index (χ1n) is 3.72. The molecule has 0 aromatic carbocycles. The number of fused-ring (bicyclic) bond motifs is 3. The smallest absolute Gasteiger partial charge is 0.157 e. The van der Waals surface area contributed by atoms with Gasteiger partial charge in [-0.2, -0.15) is 0 Å². The number of anilines is 1. The van der Waals surface area contributed by atoms with Crippen LogP contribution in [-0.4, -0.2) is 28.6 Å². The van der Waals surface area contributed by atoms with Gasteiger partial charge in [0.1, 0.15) is 10.7 Å². The average Bonchev–Trinajstić information content (AvgIpc) is 2.71. The van der Waals surface area contributed by atoms with E-state index in [-0.39, 0.29) is 0 Å². The standard InChI is InChI=1S/C6H7N4PS/c1-2-10-5(7-1)4-6(9-11-10)12-3-8-4/h3,9,11H,1-2H2. The summed E-state index contributed by atoms with van der Waals surface area (Å²) >= 11 is 1.65. The molecular formula is C6H7N4PS. The highest BCUT2D eigenvalue weighted by Crippen LogP contribution is 2.37. The molecule has 0 radical (unpaired) electrons. The number of nitrogens with one attached hydrogen (secondary N) is 1. The highest BCUT2D eigenvalue weighted by molar-refractivity contribution is 7.40. The van der Waals surface area contributed by atoms with Gasteiger partial charge in [-0.25, -0.2) is 4.98 Å². The highest BCUT2D eigenvalue weighted by Gasteiger charge is 2.27. The predicted molar refractivity (Wildman–Crippen MR) is 52.2 cm³/mol. The van der Waals surface area contributed by atoms with Gasteiger partial charge in [-0.05, 0) is 0 Å². The fraction of sp³-hybridized carbons (Fsp3) is 0.333. The second-order valence-electron chi connectivity index (χ2n) is 2.62. The molecule has 1 N–H and O–H groups in total. The van der Waals surface area contributed by atoms with E-state index in [0.717, 1.165) is 24.6 Å². The summed E-state index contributed by atoms with van der Waals surface area (Å²) in [6.07, 6.45) is 0. The van der Waals surface area contributed by atoms with E-state index >= 15 is 0 Å². The van der Waals surface area contributed by atoms with Gasteiger partial charge < -0.3 is 9.76 Å². The molecule has 62 valence electrons. The second-order valence-corrected chi connectivity index (χ2v) is 4.49. The van der Waals surface area contributed by atoms with Gasteiger partial charge in [-0.3, -0.25) is 4.99 Å². The van der Waals surface area contributed by atoms with E-state index in [0.29, 0.717) is 8.88 Å². The number of nitrogens with zero attached hydrogens (tertiary/aromatic N) is 3. The normalized spacial score (nSPS) is 21.7. The predicted octanol–water partition coefficient (Wildman–Crippen LogP) is 1.14. The monoisotopic (exact) mass is 198 g/mol. The number of aromatic nitrogens is 1. The summed E-state index contributed by atoms with van der Waals surface area (Å²) in [5.41, 5.74) is 2.91. The molecule has 0 amide bonds. The highest BCUT2D eigenvalue weighted by atomic mass is 32.1. The fourth-order valence-electron chi connectivity index (χ4n) is 1.37. The Kier molecular flexibility index (Phi) is 1.36. The minimum Gasteiger partial charge on any atom is -0.340 e. The van der Waals surface area contributed by atoms with Crippen LogP contribution in [0.25, 0.3) is 0 Å². The summed E-state index contributed by atoms with van der Waals surface area (Å²) in [5.74, 6) is 1.09. The Morgan fingerprint density at radius 1 is 1.67 bits per heavy atom. The molecule has 12 heavy (non-hydrogen) atoms. The maximum atomic E-state index is 4.42. The number of amidine groups is 1. The van der Waals surface area contributed by atoms with Crippen LogP contribution >= 0.6 is 20.2 Å². The molecule has 3 rings (SSSR count). The van der Waals surface area contributed by atoms with Gasteiger partial charge in [0.2, 0.25) is 0 Å². The van der Waals surface area contributed by atoms with Crippen molar-refractivity contribution in [2.75, 3.05) is 18.2 Å². The molecule has 3 heterocycles. The van der Waals surface area contributed by atoms with Crippen molar-refractivity contribution in [3.8, 4) is 0 Å². The minimum absolute atomic E-state index is 0.643. The zero-order chi connectivity index (χ0) is 7.97. The first-order chi connectivity index (χ1) is 5.95. The van der Waals surface area contributed by atoms with Gasteiger partial charge in [0, 0.05) is 6.54 Å². The van der Waals surface area contributed by atoms with Crippen molar-refractivity contribution in [2.24, 2.45) is 4.99 Å². The van der Waals surface area contributed by atoms with Crippen LogP contribution in [0.5, 0.6) is 0 Å². The summed E-state index contributed by atoms with van der Waals surface area (Å²) in [7, 11) is 0.643. The largest absolute Gasteiger partial charge is 0.340 e. The lowest BCUT2D eigenvalue weighted by molar-refractivity contribution is 0.724. The number of hydrogen-bond donors (Lipinski definition) is 1. The molecule has 6 heteroatoms. The van der Waals surface area contributed by atoms with E-state index < -0.39 is 0 Å². The van der Waals surface area contributed by atoms with Gasteiger partial charge in [-0.1, -0.05) is 0 Å². The van der Waals surface area contributed by atoms with Crippen molar-refractivity contribution in [1.82, 2.24) is 9.65 Å². The third-order valence-corrected chi connectivity index (χ3v) is 3.91. The van der Waals surface area contributed by atoms with Crippen molar-refractivity contribution in [3.63, 3.8) is 0 Å². The Morgan fingerprint density at radius 2 is 2.67 bits per heavy atom. The lowest BCUT2D eigenvalue weighted by atomic mass is 10.4. The second kappa shape index (κ2) is 2.41. The summed E-state index contributed by atoms with van der Waals surface area (Å²) in [6.45, 7) is 1.96. The van der Waals surface area contributed by atoms with E-state index in [4.69, 9.17) is 0 Å². The fourth-order valence-corrected chi connectivity index (χ4v) is 3.11. The molecular weight excluding hydrogens is 191 g/mol. The van der Waals surface area contributed by atoms with E-state index in [2.05, 4.69) is 19.7 Å². The van der Waals surface area contributed by atoms with Crippen LogP contribution in [0.3, 0.4) is 0 Å². The van der Waals surface area contributed by atoms with Gasteiger partial charge in [0.05, 0.1) is 20.9 Å². The molecule has 0 aliphatic carbocycles. The van der Waals surface area contributed by atoms with Crippen LogP contribution in [0.1, 0.15) is 5.69 Å². The zero-order valence-corrected chi connectivity index (χ0v) is 8.06. The maximum absolute atomic E-state index is 4.42.